The van der Waals surface area contributed by atoms with Crippen molar-refractivity contribution >= 4 is 29.3 Å². The van der Waals surface area contributed by atoms with Crippen molar-refractivity contribution in [3.63, 3.8) is 0 Å². The lowest BCUT2D eigenvalue weighted by Crippen LogP contribution is -2.32. The van der Waals surface area contributed by atoms with E-state index in [0.29, 0.717) is 22.6 Å². The summed E-state index contributed by atoms with van der Waals surface area (Å²) in [6.45, 7) is 0.0621. The van der Waals surface area contributed by atoms with E-state index in [0.717, 1.165) is 0 Å². The van der Waals surface area contributed by atoms with Crippen molar-refractivity contribution in [2.45, 2.75) is 12.6 Å². The number of aliphatic imine (C=N–C) groups is 1. The molecule has 0 saturated heterocycles. The van der Waals surface area contributed by atoms with Gasteiger partial charge in [0.1, 0.15) is 47.4 Å². The van der Waals surface area contributed by atoms with Crippen molar-refractivity contribution in [3.05, 3.63) is 64.6 Å². The molecule has 1 unspecified atom stereocenters. The number of carbonyl (C=O) groups is 1. The minimum absolute atomic E-state index is 0.0370. The first-order valence-electron chi connectivity index (χ1n) is 9.83. The number of aromatic nitrogens is 1. The normalized spacial score (nSPS) is 14.0. The number of benzene rings is 1. The van der Waals surface area contributed by atoms with E-state index in [2.05, 4.69) is 25.3 Å². The molecule has 2 aromatic heterocycles. The van der Waals surface area contributed by atoms with Crippen LogP contribution in [-0.4, -0.2) is 24.0 Å². The zero-order valence-electron chi connectivity index (χ0n) is 17.8. The molecule has 4 rings (SSSR count). The number of rotatable bonds is 5. The second-order valence-corrected chi connectivity index (χ2v) is 7.02. The number of carbonyl (C=O) groups excluding carboxylic acids is 1. The van der Waals surface area contributed by atoms with Crippen LogP contribution in [-0.2, 0) is 11.3 Å². The van der Waals surface area contributed by atoms with Gasteiger partial charge in [0.05, 0.1) is 12.8 Å². The molecule has 1 aliphatic rings. The van der Waals surface area contributed by atoms with Gasteiger partial charge in [-0.05, 0) is 29.8 Å². The third kappa shape index (κ3) is 4.11. The van der Waals surface area contributed by atoms with Gasteiger partial charge in [-0.3, -0.25) is 5.32 Å². The van der Waals surface area contributed by atoms with Crippen LogP contribution in [0.25, 0.3) is 0 Å². The minimum atomic E-state index is -0.703. The standard InChI is InChI=1S/C22H18N8O4/c1-32-21(31)15-6-5-13(34-15)9-33-12-4-2-3-11(7-12)18-16-17(25)14(8-23)19(26)29-20(16)30-22(28-18)27-10-24/h2-7,18H,9H2,1H3,(H6,25,26,27,28,29,30). The monoisotopic (exact) mass is 458 g/mol. The summed E-state index contributed by atoms with van der Waals surface area (Å²) in [5, 5.41) is 23.8. The highest BCUT2D eigenvalue weighted by Gasteiger charge is 2.29. The molecule has 0 bridgehead atoms. The van der Waals surface area contributed by atoms with Gasteiger partial charge in [-0.1, -0.05) is 12.1 Å². The fourth-order valence-electron chi connectivity index (χ4n) is 3.42. The van der Waals surface area contributed by atoms with Gasteiger partial charge in [0, 0.05) is 5.56 Å². The number of guanidine groups is 1. The molecule has 12 nitrogen and oxygen atoms in total. The maximum Gasteiger partial charge on any atom is 0.373 e. The first-order valence-corrected chi connectivity index (χ1v) is 9.83. The Morgan fingerprint density at radius 2 is 2.12 bits per heavy atom. The van der Waals surface area contributed by atoms with Crippen LogP contribution < -0.4 is 26.8 Å². The summed E-state index contributed by atoms with van der Waals surface area (Å²) in [5.74, 6) is 0.798. The maximum atomic E-state index is 11.5. The SMILES string of the molecule is COC(=O)c1ccc(COc2cccc(C3N=C(NC#N)Nc4nc(N)c(C#N)c(N)c43)c2)o1. The Bertz CT molecular complexity index is 1380. The van der Waals surface area contributed by atoms with Crippen molar-refractivity contribution in [1.29, 1.82) is 10.5 Å². The summed E-state index contributed by atoms with van der Waals surface area (Å²) in [5.41, 5.74) is 13.4. The number of hydrogen-bond acceptors (Lipinski definition) is 12. The fraction of sp³-hybridized carbons (Fsp3) is 0.136. The van der Waals surface area contributed by atoms with E-state index in [9.17, 15) is 10.1 Å². The Balaban J connectivity index is 1.66. The van der Waals surface area contributed by atoms with Crippen molar-refractivity contribution in [2.75, 3.05) is 23.9 Å². The summed E-state index contributed by atoms with van der Waals surface area (Å²) in [6.07, 6.45) is 1.80. The molecule has 0 amide bonds. The van der Waals surface area contributed by atoms with Gasteiger partial charge in [-0.2, -0.15) is 10.5 Å². The number of esters is 1. The van der Waals surface area contributed by atoms with Crippen LogP contribution in [0.4, 0.5) is 17.3 Å². The molecule has 0 fully saturated rings. The number of hydrogen-bond donors (Lipinski definition) is 4. The van der Waals surface area contributed by atoms with Crippen molar-refractivity contribution in [2.24, 2.45) is 4.99 Å². The second kappa shape index (κ2) is 9.10. The molecule has 12 heteroatoms. The minimum Gasteiger partial charge on any atom is -0.486 e. The van der Waals surface area contributed by atoms with Crippen LogP contribution in [0.5, 0.6) is 5.75 Å². The Labute approximate surface area is 193 Å². The van der Waals surface area contributed by atoms with Crippen LogP contribution in [0.15, 0.2) is 45.8 Å². The molecule has 3 aromatic rings. The van der Waals surface area contributed by atoms with E-state index in [1.54, 1.807) is 36.5 Å². The number of nitrogens with one attached hydrogen (secondary N) is 2. The number of nitrogens with two attached hydrogens (primary N) is 2. The number of nitrogens with zero attached hydrogens (tertiary/aromatic N) is 4. The molecule has 3 heterocycles. The molecule has 1 aromatic carbocycles. The van der Waals surface area contributed by atoms with Gasteiger partial charge in [0.2, 0.25) is 11.7 Å². The molecule has 1 atom stereocenters. The Kier molecular flexibility index (Phi) is 5.88. The predicted molar refractivity (Wildman–Crippen MR) is 120 cm³/mol. The van der Waals surface area contributed by atoms with E-state index in [1.165, 1.54) is 13.2 Å². The summed E-state index contributed by atoms with van der Waals surface area (Å²) in [4.78, 5) is 20.3. The maximum absolute atomic E-state index is 11.5. The predicted octanol–water partition coefficient (Wildman–Crippen LogP) is 2.02. The molecule has 0 saturated carbocycles. The molecule has 1 aliphatic heterocycles. The largest absolute Gasteiger partial charge is 0.486 e. The number of furan rings is 1. The lowest BCUT2D eigenvalue weighted by atomic mass is 9.95. The van der Waals surface area contributed by atoms with Crippen LogP contribution >= 0.6 is 0 Å². The first kappa shape index (κ1) is 22.0. The van der Waals surface area contributed by atoms with E-state index < -0.39 is 12.0 Å². The molecule has 170 valence electrons. The van der Waals surface area contributed by atoms with Gasteiger partial charge >= 0.3 is 5.97 Å². The smallest absolute Gasteiger partial charge is 0.373 e. The first-order chi connectivity index (χ1) is 16.4. The lowest BCUT2D eigenvalue weighted by molar-refractivity contribution is 0.0561. The molecule has 34 heavy (non-hydrogen) atoms. The molecule has 0 radical (unpaired) electrons. The number of nitrogen functional groups attached to an aromatic ring is 2. The van der Waals surface area contributed by atoms with E-state index in [-0.39, 0.29) is 41.2 Å². The highest BCUT2D eigenvalue weighted by molar-refractivity contribution is 5.98. The lowest BCUT2D eigenvalue weighted by Gasteiger charge is -2.26. The van der Waals surface area contributed by atoms with Crippen molar-refractivity contribution < 1.29 is 18.7 Å². The Hall–Kier alpha value is -5.23. The summed E-state index contributed by atoms with van der Waals surface area (Å²) >= 11 is 0. The number of anilines is 3. The average molecular weight is 458 g/mol. The zero-order valence-corrected chi connectivity index (χ0v) is 17.8. The van der Waals surface area contributed by atoms with Crippen molar-refractivity contribution in [3.8, 4) is 18.0 Å². The third-order valence-electron chi connectivity index (χ3n) is 4.96. The van der Waals surface area contributed by atoms with Crippen LogP contribution in [0.3, 0.4) is 0 Å². The summed E-state index contributed by atoms with van der Waals surface area (Å²) in [6, 6.07) is 11.4. The van der Waals surface area contributed by atoms with Gasteiger partial charge < -0.3 is 30.7 Å². The van der Waals surface area contributed by atoms with Gasteiger partial charge in [-0.25, -0.2) is 14.8 Å². The Morgan fingerprint density at radius 3 is 2.85 bits per heavy atom. The molecule has 6 N–H and O–H groups in total. The Morgan fingerprint density at radius 1 is 1.29 bits per heavy atom. The van der Waals surface area contributed by atoms with E-state index in [1.807, 2.05) is 6.07 Å². The second-order valence-electron chi connectivity index (χ2n) is 7.02. The zero-order chi connectivity index (χ0) is 24.2. The molecule has 0 spiro atoms. The highest BCUT2D eigenvalue weighted by Crippen LogP contribution is 2.41. The highest BCUT2D eigenvalue weighted by atomic mass is 16.5. The van der Waals surface area contributed by atoms with Gasteiger partial charge in [-0.15, -0.1) is 0 Å². The summed E-state index contributed by atoms with van der Waals surface area (Å²) < 4.78 is 15.8. The van der Waals surface area contributed by atoms with E-state index in [4.69, 9.17) is 25.9 Å². The molecule has 0 aliphatic carbocycles. The van der Waals surface area contributed by atoms with Gasteiger partial charge in [0.15, 0.2) is 6.19 Å². The molecular formula is C22H18N8O4. The topological polar surface area (TPSA) is 198 Å². The quantitative estimate of drug-likeness (QED) is 0.248. The fourth-order valence-corrected chi connectivity index (χ4v) is 3.42. The number of fused-ring (bicyclic) bond motifs is 1. The number of pyridine rings is 1. The van der Waals surface area contributed by atoms with Crippen LogP contribution in [0.2, 0.25) is 0 Å². The van der Waals surface area contributed by atoms with Gasteiger partial charge in [0.25, 0.3) is 0 Å². The number of ether oxygens (including phenoxy) is 2. The third-order valence-corrected chi connectivity index (χ3v) is 4.96. The van der Waals surface area contributed by atoms with E-state index >= 15 is 0 Å². The molecular weight excluding hydrogens is 440 g/mol. The van der Waals surface area contributed by atoms with Crippen LogP contribution in [0.1, 0.15) is 39.0 Å². The van der Waals surface area contributed by atoms with Crippen LogP contribution in [0, 0.1) is 22.8 Å². The average Bonchev–Trinajstić information content (AvgIpc) is 3.31. The number of nitriles is 2. The van der Waals surface area contributed by atoms with Crippen molar-refractivity contribution in [1.82, 2.24) is 10.3 Å². The number of methoxy groups -OCH3 is 1. The summed E-state index contributed by atoms with van der Waals surface area (Å²) in [7, 11) is 1.27.